The van der Waals surface area contributed by atoms with Gasteiger partial charge in [-0.25, -0.2) is 4.79 Å². The van der Waals surface area contributed by atoms with Crippen LogP contribution in [0.1, 0.15) is 51.4 Å². The maximum Gasteiger partial charge on any atom is 0.342 e. The smallest absolute Gasteiger partial charge is 0.342 e. The van der Waals surface area contributed by atoms with Crippen molar-refractivity contribution < 1.29 is 29.1 Å². The van der Waals surface area contributed by atoms with Crippen LogP contribution in [0.4, 0.5) is 0 Å². The van der Waals surface area contributed by atoms with Crippen LogP contribution in [0, 0.1) is 0 Å². The average Bonchev–Trinajstić information content (AvgIpc) is 3.11. The van der Waals surface area contributed by atoms with Gasteiger partial charge in [0.2, 0.25) is 11.8 Å². The topological polar surface area (TPSA) is 198 Å². The first kappa shape index (κ1) is 31.4. The number of rotatable bonds is 13. The predicted octanol–water partition coefficient (Wildman–Crippen LogP) is -1.19. The van der Waals surface area contributed by atoms with Gasteiger partial charge in [0.15, 0.2) is 0 Å². The summed E-state index contributed by atoms with van der Waals surface area (Å²) in [5.41, 5.74) is 10.4. The molecule has 182 valence electrons. The Bertz CT molecular complexity index is 512. The van der Waals surface area contributed by atoms with Crippen LogP contribution in [-0.4, -0.2) is 68.1 Å². The van der Waals surface area contributed by atoms with Gasteiger partial charge < -0.3 is 32.0 Å². The van der Waals surface area contributed by atoms with Gasteiger partial charge in [0.25, 0.3) is 0 Å². The molecule has 0 radical (unpaired) electrons. The number of hydrogen-bond donors (Lipinski definition) is 8. The molecule has 0 aromatic heterocycles. The fourth-order valence-corrected chi connectivity index (χ4v) is 2.38. The Labute approximate surface area is 189 Å². The van der Waals surface area contributed by atoms with Crippen molar-refractivity contribution in [2.75, 3.05) is 27.2 Å². The van der Waals surface area contributed by atoms with Crippen molar-refractivity contribution in [3.05, 3.63) is 0 Å². The zero-order valence-electron chi connectivity index (χ0n) is 18.3. The number of thiol groups is 1. The number of hydrogen-bond acceptors (Lipinski definition) is 11. The highest BCUT2D eigenvalue weighted by molar-refractivity contribution is 7.77. The first-order valence-electron chi connectivity index (χ1n) is 10.2. The standard InChI is InChI=1S/C8H19N3O2S.C6H14N2O2.C4H5NO2/c1-9-6-4-3-5-7(10-2)8(12)13-11-14;7-4-2-1-3-5(8)6(9)10;6-3-1-2-4(7)5-3/h7,9-11,14H,3-6H2,1-2H3;5H,1-4,7-8H2,(H,9,10);1-2H2,(H,5,6,7). The van der Waals surface area contributed by atoms with Crippen molar-refractivity contribution in [1.29, 1.82) is 0 Å². The second-order valence-corrected chi connectivity index (χ2v) is 6.84. The van der Waals surface area contributed by atoms with E-state index in [0.717, 1.165) is 38.6 Å². The monoisotopic (exact) mass is 466 g/mol. The number of unbranched alkanes of at least 4 members (excludes halogenated alkanes) is 2. The summed E-state index contributed by atoms with van der Waals surface area (Å²) in [5.74, 6) is -1.56. The van der Waals surface area contributed by atoms with Crippen molar-refractivity contribution in [3.63, 3.8) is 0 Å². The molecule has 1 heterocycles. The number of carbonyl (C=O) groups excluding carboxylic acids is 3. The third kappa shape index (κ3) is 19.9. The molecular weight excluding hydrogens is 428 g/mol. The Kier molecular flexibility index (Phi) is 21.7. The van der Waals surface area contributed by atoms with Gasteiger partial charge >= 0.3 is 11.9 Å². The SMILES string of the molecule is CNCCCCC(NC)C(=O)ONS.NCCCCC(N)C(=O)O.O=C1CCC(=O)N1. The summed E-state index contributed by atoms with van der Waals surface area (Å²) < 4.78 is 0. The molecule has 2 amide bonds. The lowest BCUT2D eigenvalue weighted by atomic mass is 10.1. The number of carbonyl (C=O) groups is 4. The molecule has 0 aromatic carbocycles. The van der Waals surface area contributed by atoms with E-state index in [2.05, 4.69) is 38.5 Å². The second kappa shape index (κ2) is 21.5. The summed E-state index contributed by atoms with van der Waals surface area (Å²) >= 11 is 3.59. The summed E-state index contributed by atoms with van der Waals surface area (Å²) in [4.78, 5) is 48.2. The minimum Gasteiger partial charge on any atom is -0.480 e. The fraction of sp³-hybridized carbons (Fsp3) is 0.778. The predicted molar refractivity (Wildman–Crippen MR) is 120 cm³/mol. The lowest BCUT2D eigenvalue weighted by Gasteiger charge is -2.13. The van der Waals surface area contributed by atoms with Crippen molar-refractivity contribution in [2.24, 2.45) is 11.5 Å². The number of nitrogens with two attached hydrogens (primary N) is 2. The maximum absolute atomic E-state index is 11.2. The van der Waals surface area contributed by atoms with Crippen LogP contribution >= 0.6 is 12.8 Å². The number of nitrogens with one attached hydrogen (secondary N) is 4. The maximum atomic E-state index is 11.2. The largest absolute Gasteiger partial charge is 0.480 e. The molecule has 0 aliphatic carbocycles. The third-order valence-corrected chi connectivity index (χ3v) is 4.18. The number of carboxylic acids is 1. The number of carboxylic acid groups (broad SMARTS) is 1. The zero-order chi connectivity index (χ0) is 24.1. The highest BCUT2D eigenvalue weighted by Gasteiger charge is 2.17. The van der Waals surface area contributed by atoms with Gasteiger partial charge in [0.1, 0.15) is 12.1 Å². The molecule has 2 unspecified atom stereocenters. The minimum atomic E-state index is -0.933. The van der Waals surface area contributed by atoms with E-state index in [1.54, 1.807) is 7.05 Å². The number of aliphatic carboxylic acids is 1. The van der Waals surface area contributed by atoms with Crippen molar-refractivity contribution in [2.45, 2.75) is 63.5 Å². The average molecular weight is 467 g/mol. The quantitative estimate of drug-likeness (QED) is 0.0702. The Morgan fingerprint density at radius 1 is 1.13 bits per heavy atom. The summed E-state index contributed by atoms with van der Waals surface area (Å²) in [7, 11) is 3.65. The van der Waals surface area contributed by atoms with Gasteiger partial charge in [-0.15, -0.1) is 0 Å². The molecule has 1 fully saturated rings. The number of imide groups is 1. The summed E-state index contributed by atoms with van der Waals surface area (Å²) in [6.07, 6.45) is 5.71. The lowest BCUT2D eigenvalue weighted by molar-refractivity contribution is -0.149. The number of likely N-dealkylation sites (N-methyl/N-ethyl adjacent to an activating group) is 1. The third-order valence-electron chi connectivity index (χ3n) is 4.09. The summed E-state index contributed by atoms with van der Waals surface area (Å²) in [5, 5.41) is 16.4. The molecule has 1 aliphatic rings. The molecule has 0 aromatic rings. The van der Waals surface area contributed by atoms with Crippen LogP contribution in [0.15, 0.2) is 0 Å². The molecule has 1 rings (SSSR count). The normalized spacial score (nSPS) is 14.4. The van der Waals surface area contributed by atoms with E-state index in [9.17, 15) is 19.2 Å². The lowest BCUT2D eigenvalue weighted by Crippen LogP contribution is -2.37. The van der Waals surface area contributed by atoms with Gasteiger partial charge in [-0.05, 0) is 52.9 Å². The highest BCUT2D eigenvalue weighted by atomic mass is 32.1. The van der Waals surface area contributed by atoms with Crippen LogP contribution < -0.4 is 32.3 Å². The van der Waals surface area contributed by atoms with Gasteiger partial charge in [0.05, 0.1) is 0 Å². The molecule has 0 bridgehead atoms. The molecule has 1 aliphatic heterocycles. The number of amides is 2. The minimum absolute atomic E-state index is 0.148. The van der Waals surface area contributed by atoms with Crippen LogP contribution in [0.25, 0.3) is 0 Å². The molecular formula is C18H38N6O6S. The van der Waals surface area contributed by atoms with Gasteiger partial charge in [-0.2, -0.15) is 0 Å². The molecule has 2 atom stereocenters. The molecule has 1 saturated heterocycles. The summed E-state index contributed by atoms with van der Waals surface area (Å²) in [6.45, 7) is 1.57. The Balaban J connectivity index is 0. The Morgan fingerprint density at radius 2 is 1.71 bits per heavy atom. The highest BCUT2D eigenvalue weighted by Crippen LogP contribution is 2.01. The van der Waals surface area contributed by atoms with Crippen LogP contribution in [0.5, 0.6) is 0 Å². The van der Waals surface area contributed by atoms with E-state index < -0.39 is 12.0 Å². The van der Waals surface area contributed by atoms with Gasteiger partial charge in [-0.3, -0.25) is 19.7 Å². The van der Waals surface area contributed by atoms with Gasteiger partial charge in [-0.1, -0.05) is 30.5 Å². The van der Waals surface area contributed by atoms with Crippen molar-refractivity contribution >= 4 is 36.6 Å². The van der Waals surface area contributed by atoms with Crippen LogP contribution in [0.2, 0.25) is 0 Å². The molecule has 0 spiro atoms. The first-order valence-corrected chi connectivity index (χ1v) is 10.6. The first-order chi connectivity index (χ1) is 14.7. The summed E-state index contributed by atoms with van der Waals surface area (Å²) in [6, 6.07) is -0.974. The second-order valence-electron chi connectivity index (χ2n) is 6.65. The zero-order valence-corrected chi connectivity index (χ0v) is 19.2. The molecule has 12 nitrogen and oxygen atoms in total. The van der Waals surface area contributed by atoms with E-state index in [-0.39, 0.29) is 23.8 Å². The molecule has 31 heavy (non-hydrogen) atoms. The fourth-order valence-electron chi connectivity index (χ4n) is 2.29. The van der Waals surface area contributed by atoms with E-state index in [0.29, 0.717) is 25.8 Å². The van der Waals surface area contributed by atoms with E-state index in [4.69, 9.17) is 16.6 Å². The van der Waals surface area contributed by atoms with E-state index in [1.807, 2.05) is 7.05 Å². The Morgan fingerprint density at radius 3 is 2.10 bits per heavy atom. The van der Waals surface area contributed by atoms with E-state index in [1.165, 1.54) is 0 Å². The van der Waals surface area contributed by atoms with Crippen molar-refractivity contribution in [1.82, 2.24) is 20.8 Å². The molecule has 9 N–H and O–H groups in total. The molecule has 0 saturated carbocycles. The van der Waals surface area contributed by atoms with E-state index >= 15 is 0 Å². The Hall–Kier alpha value is -1.77. The van der Waals surface area contributed by atoms with Crippen LogP contribution in [0.3, 0.4) is 0 Å². The molecule has 13 heteroatoms. The van der Waals surface area contributed by atoms with Gasteiger partial charge in [0, 0.05) is 12.8 Å². The van der Waals surface area contributed by atoms with Crippen LogP contribution in [-0.2, 0) is 24.0 Å². The van der Waals surface area contributed by atoms with Crippen molar-refractivity contribution in [3.8, 4) is 0 Å².